The smallest absolute Gasteiger partial charge is 0.256 e. The number of nitriles is 1. The minimum Gasteiger partial charge on any atom is -0.323 e. The number of rotatable bonds is 2. The van der Waals surface area contributed by atoms with Crippen molar-refractivity contribution in [3.8, 4) is 6.07 Å². The topological polar surface area (TPSA) is 44.1 Å². The summed E-state index contributed by atoms with van der Waals surface area (Å²) in [6.45, 7) is 0. The molecule has 1 fully saturated rings. The summed E-state index contributed by atoms with van der Waals surface area (Å²) in [5.74, 6) is -0.0844. The second-order valence-electron chi connectivity index (χ2n) is 5.19. The number of benzene rings is 1. The molecule has 0 bridgehead atoms. The lowest BCUT2D eigenvalue weighted by atomic mass is 9.81. The van der Waals surface area contributed by atoms with Crippen molar-refractivity contribution in [3.63, 3.8) is 0 Å². The lowest BCUT2D eigenvalue weighted by molar-refractivity contribution is 0.0588. The van der Waals surface area contributed by atoms with Gasteiger partial charge in [0.1, 0.15) is 5.54 Å². The predicted octanol–water partition coefficient (Wildman–Crippen LogP) is 4.35. The maximum absolute atomic E-state index is 12.7. The Hall–Kier alpha value is -0.610. The van der Waals surface area contributed by atoms with E-state index in [9.17, 15) is 10.1 Å². The fourth-order valence-electron chi connectivity index (χ4n) is 2.70. The van der Waals surface area contributed by atoms with Crippen molar-refractivity contribution in [2.45, 2.75) is 37.6 Å². The van der Waals surface area contributed by atoms with Gasteiger partial charge >= 0.3 is 0 Å². The number of amides is 1. The second kappa shape index (κ2) is 6.44. The highest BCUT2D eigenvalue weighted by Crippen LogP contribution is 2.34. The molecule has 1 aliphatic rings. The third-order valence-electron chi connectivity index (χ3n) is 3.99. The zero-order valence-electron chi connectivity index (χ0n) is 11.3. The van der Waals surface area contributed by atoms with Gasteiger partial charge in [-0.1, -0.05) is 19.3 Å². The van der Waals surface area contributed by atoms with Crippen LogP contribution in [0.2, 0.25) is 0 Å². The second-order valence-corrected chi connectivity index (χ2v) is 7.29. The van der Waals surface area contributed by atoms with Gasteiger partial charge in [0.05, 0.1) is 11.6 Å². The molecule has 0 saturated heterocycles. The van der Waals surface area contributed by atoms with Crippen LogP contribution >= 0.6 is 38.5 Å². The van der Waals surface area contributed by atoms with E-state index in [-0.39, 0.29) is 5.91 Å². The van der Waals surface area contributed by atoms with Gasteiger partial charge in [0.2, 0.25) is 0 Å². The third-order valence-corrected chi connectivity index (χ3v) is 5.36. The first kappa shape index (κ1) is 15.8. The van der Waals surface area contributed by atoms with Crippen molar-refractivity contribution in [2.75, 3.05) is 7.05 Å². The van der Waals surface area contributed by atoms with E-state index < -0.39 is 5.54 Å². The van der Waals surface area contributed by atoms with Gasteiger partial charge in [-0.25, -0.2) is 0 Å². The monoisotopic (exact) mass is 446 g/mol. The lowest BCUT2D eigenvalue weighted by Gasteiger charge is -2.39. The average Bonchev–Trinajstić information content (AvgIpc) is 2.49. The highest BCUT2D eigenvalue weighted by Gasteiger charge is 2.39. The van der Waals surface area contributed by atoms with Crippen LogP contribution in [-0.4, -0.2) is 23.4 Å². The van der Waals surface area contributed by atoms with Crippen LogP contribution in [0.5, 0.6) is 0 Å². The molecule has 0 heterocycles. The molecule has 1 saturated carbocycles. The first-order valence-corrected chi connectivity index (χ1v) is 8.52. The Morgan fingerprint density at radius 2 is 2.05 bits per heavy atom. The fraction of sp³-hybridized carbons (Fsp3) is 0.467. The van der Waals surface area contributed by atoms with Crippen molar-refractivity contribution in [1.29, 1.82) is 5.26 Å². The number of carbonyl (C=O) groups is 1. The molecule has 0 unspecified atom stereocenters. The Balaban J connectivity index is 2.32. The summed E-state index contributed by atoms with van der Waals surface area (Å²) in [6.07, 6.45) is 4.72. The van der Waals surface area contributed by atoms with E-state index in [0.29, 0.717) is 5.56 Å². The molecule has 106 valence electrons. The Kier molecular flexibility index (Phi) is 5.08. The van der Waals surface area contributed by atoms with Crippen LogP contribution in [0.25, 0.3) is 0 Å². The predicted molar refractivity (Wildman–Crippen MR) is 90.4 cm³/mol. The molecule has 0 aromatic heterocycles. The minimum atomic E-state index is -0.643. The van der Waals surface area contributed by atoms with Crippen molar-refractivity contribution in [1.82, 2.24) is 4.90 Å². The van der Waals surface area contributed by atoms with Gasteiger partial charge in [0.25, 0.3) is 5.91 Å². The molecule has 3 nitrogen and oxygen atoms in total. The molecule has 0 spiro atoms. The number of hydrogen-bond acceptors (Lipinski definition) is 2. The SMILES string of the molecule is CN(C(=O)c1cc(I)ccc1Br)C1(C#N)CCCCC1. The van der Waals surface area contributed by atoms with Crippen LogP contribution < -0.4 is 0 Å². The number of hydrogen-bond donors (Lipinski definition) is 0. The maximum atomic E-state index is 12.7. The molecular weight excluding hydrogens is 431 g/mol. The Labute approximate surface area is 141 Å². The molecule has 1 aromatic rings. The standard InChI is InChI=1S/C15H16BrIN2O/c1-19(15(10-18)7-3-2-4-8-15)14(20)12-9-11(17)5-6-13(12)16/h5-6,9H,2-4,7-8H2,1H3. The zero-order valence-corrected chi connectivity index (χ0v) is 15.1. The van der Waals surface area contributed by atoms with Gasteiger partial charge < -0.3 is 4.90 Å². The largest absolute Gasteiger partial charge is 0.323 e. The van der Waals surface area contributed by atoms with E-state index in [1.165, 1.54) is 0 Å². The van der Waals surface area contributed by atoms with Crippen LogP contribution in [0, 0.1) is 14.9 Å². The van der Waals surface area contributed by atoms with Gasteiger partial charge in [0.15, 0.2) is 0 Å². The van der Waals surface area contributed by atoms with Crippen molar-refractivity contribution < 1.29 is 4.79 Å². The van der Waals surface area contributed by atoms with Crippen molar-refractivity contribution in [2.24, 2.45) is 0 Å². The fourth-order valence-corrected chi connectivity index (χ4v) is 3.60. The summed E-state index contributed by atoms with van der Waals surface area (Å²) in [7, 11) is 1.75. The van der Waals surface area contributed by atoms with Gasteiger partial charge in [-0.05, 0) is 69.6 Å². The van der Waals surface area contributed by atoms with E-state index in [2.05, 4.69) is 44.6 Å². The molecule has 1 amide bonds. The van der Waals surface area contributed by atoms with Crippen LogP contribution in [0.1, 0.15) is 42.5 Å². The molecule has 0 aliphatic heterocycles. The van der Waals surface area contributed by atoms with E-state index in [4.69, 9.17) is 0 Å². The zero-order chi connectivity index (χ0) is 14.8. The summed E-state index contributed by atoms with van der Waals surface area (Å²) in [5, 5.41) is 9.57. The highest BCUT2D eigenvalue weighted by molar-refractivity contribution is 14.1. The van der Waals surface area contributed by atoms with E-state index in [1.807, 2.05) is 18.2 Å². The van der Waals surface area contributed by atoms with Gasteiger partial charge in [-0.2, -0.15) is 5.26 Å². The van der Waals surface area contributed by atoms with Crippen LogP contribution in [0.4, 0.5) is 0 Å². The Morgan fingerprint density at radius 1 is 1.40 bits per heavy atom. The number of halogens is 2. The highest BCUT2D eigenvalue weighted by atomic mass is 127. The van der Waals surface area contributed by atoms with Crippen molar-refractivity contribution in [3.05, 3.63) is 31.8 Å². The summed E-state index contributed by atoms with van der Waals surface area (Å²) in [4.78, 5) is 14.4. The Bertz CT molecular complexity index is 561. The van der Waals surface area contributed by atoms with Crippen LogP contribution in [0.3, 0.4) is 0 Å². The van der Waals surface area contributed by atoms with Gasteiger partial charge in [-0.3, -0.25) is 4.79 Å². The maximum Gasteiger partial charge on any atom is 0.256 e. The minimum absolute atomic E-state index is 0.0844. The third kappa shape index (κ3) is 3.01. The van der Waals surface area contributed by atoms with E-state index in [1.54, 1.807) is 11.9 Å². The molecular formula is C15H16BrIN2O. The van der Waals surface area contributed by atoms with Crippen LogP contribution in [0.15, 0.2) is 22.7 Å². The van der Waals surface area contributed by atoms with Crippen LogP contribution in [-0.2, 0) is 0 Å². The molecule has 5 heteroatoms. The number of carbonyl (C=O) groups excluding carboxylic acids is 1. The average molecular weight is 447 g/mol. The summed E-state index contributed by atoms with van der Waals surface area (Å²) < 4.78 is 1.79. The normalized spacial score (nSPS) is 17.3. The van der Waals surface area contributed by atoms with E-state index in [0.717, 1.165) is 40.1 Å². The van der Waals surface area contributed by atoms with E-state index >= 15 is 0 Å². The van der Waals surface area contributed by atoms with Crippen molar-refractivity contribution >= 4 is 44.4 Å². The molecule has 0 radical (unpaired) electrons. The molecule has 0 atom stereocenters. The number of nitrogens with zero attached hydrogens (tertiary/aromatic N) is 2. The first-order chi connectivity index (χ1) is 9.50. The quantitative estimate of drug-likeness (QED) is 0.633. The molecule has 1 aliphatic carbocycles. The molecule has 1 aromatic carbocycles. The van der Waals surface area contributed by atoms with Gasteiger partial charge in [0, 0.05) is 15.1 Å². The summed E-state index contributed by atoms with van der Waals surface area (Å²) >= 11 is 5.62. The molecule has 0 N–H and O–H groups in total. The van der Waals surface area contributed by atoms with Gasteiger partial charge in [-0.15, -0.1) is 0 Å². The molecule has 2 rings (SSSR count). The summed E-state index contributed by atoms with van der Waals surface area (Å²) in [6, 6.07) is 8.07. The first-order valence-electron chi connectivity index (χ1n) is 6.65. The summed E-state index contributed by atoms with van der Waals surface area (Å²) in [5.41, 5.74) is -0.0182. The molecule has 20 heavy (non-hydrogen) atoms. The Morgan fingerprint density at radius 3 is 2.65 bits per heavy atom. The lowest BCUT2D eigenvalue weighted by Crippen LogP contribution is -2.49.